The summed E-state index contributed by atoms with van der Waals surface area (Å²) in [5.41, 5.74) is 6.63. The summed E-state index contributed by atoms with van der Waals surface area (Å²) in [5, 5.41) is 2.83. The number of nitrogens with one attached hydrogen (secondary N) is 1. The number of carbonyl (C=O) groups excluding carboxylic acids is 1. The second-order valence-electron chi connectivity index (χ2n) is 4.50. The van der Waals surface area contributed by atoms with E-state index in [9.17, 15) is 4.79 Å². The molecule has 3 N–H and O–H groups in total. The lowest BCUT2D eigenvalue weighted by Gasteiger charge is -2.11. The Balaban J connectivity index is 2.36. The number of hydrogen-bond donors (Lipinski definition) is 2. The average molecular weight is 280 g/mol. The molecule has 1 aromatic carbocycles. The first kappa shape index (κ1) is 16.3. The second-order valence-corrected chi connectivity index (χ2v) is 4.50. The smallest absolute Gasteiger partial charge is 0.257 e. The molecule has 0 aliphatic carbocycles. The highest BCUT2D eigenvalue weighted by Crippen LogP contribution is 2.23. The Bertz CT molecular complexity index is 422. The summed E-state index contributed by atoms with van der Waals surface area (Å²) in [4.78, 5) is 12.1. The van der Waals surface area contributed by atoms with E-state index in [-0.39, 0.29) is 5.91 Å². The minimum absolute atomic E-state index is 0.214. The predicted octanol–water partition coefficient (Wildman–Crippen LogP) is 2.21. The third-order valence-electron chi connectivity index (χ3n) is 2.90. The summed E-state index contributed by atoms with van der Waals surface area (Å²) in [6.07, 6.45) is 2.98. The van der Waals surface area contributed by atoms with Gasteiger partial charge in [0.05, 0.1) is 7.11 Å². The zero-order valence-electron chi connectivity index (χ0n) is 12.3. The van der Waals surface area contributed by atoms with Crippen LogP contribution in [0.2, 0.25) is 0 Å². The molecule has 1 aromatic rings. The number of amides is 1. The number of nitrogen functional groups attached to an aromatic ring is 1. The van der Waals surface area contributed by atoms with E-state index in [1.54, 1.807) is 18.2 Å². The van der Waals surface area contributed by atoms with Crippen molar-refractivity contribution in [2.24, 2.45) is 0 Å². The molecule has 20 heavy (non-hydrogen) atoms. The molecule has 5 nitrogen and oxygen atoms in total. The van der Waals surface area contributed by atoms with Crippen molar-refractivity contribution in [1.82, 2.24) is 5.32 Å². The quantitative estimate of drug-likeness (QED) is 0.537. The molecule has 112 valence electrons. The molecule has 0 saturated heterocycles. The van der Waals surface area contributed by atoms with Gasteiger partial charge < -0.3 is 20.5 Å². The fraction of sp³-hybridized carbons (Fsp3) is 0.533. The van der Waals surface area contributed by atoms with Gasteiger partial charge in [0, 0.05) is 25.4 Å². The Hall–Kier alpha value is -1.75. The van der Waals surface area contributed by atoms with Crippen molar-refractivity contribution in [1.29, 1.82) is 0 Å². The van der Waals surface area contributed by atoms with Crippen molar-refractivity contribution >= 4 is 11.6 Å². The number of methoxy groups -OCH3 is 1. The molecule has 0 saturated carbocycles. The first-order chi connectivity index (χ1) is 9.70. The number of benzene rings is 1. The summed E-state index contributed by atoms with van der Waals surface area (Å²) in [6.45, 7) is 4.12. The van der Waals surface area contributed by atoms with Gasteiger partial charge in [-0.25, -0.2) is 0 Å². The number of nitrogens with two attached hydrogens (primary N) is 1. The number of unbranched alkanes of at least 4 members (excludes halogenated alkanes) is 1. The molecule has 0 aromatic heterocycles. The number of hydrogen-bond acceptors (Lipinski definition) is 4. The molecule has 0 radical (unpaired) electrons. The summed E-state index contributed by atoms with van der Waals surface area (Å²) in [5.74, 6) is 0.273. The molecule has 0 atom stereocenters. The Morgan fingerprint density at radius 3 is 2.75 bits per heavy atom. The van der Waals surface area contributed by atoms with E-state index in [1.165, 1.54) is 7.11 Å². The summed E-state index contributed by atoms with van der Waals surface area (Å²) in [6, 6.07) is 5.16. The molecule has 0 heterocycles. The Morgan fingerprint density at radius 2 is 2.05 bits per heavy atom. The molecule has 1 rings (SSSR count). The molecule has 5 heteroatoms. The monoisotopic (exact) mass is 280 g/mol. The number of carbonyl (C=O) groups is 1. The van der Waals surface area contributed by atoms with Gasteiger partial charge in [-0.1, -0.05) is 19.4 Å². The molecule has 0 aliphatic rings. The fourth-order valence-corrected chi connectivity index (χ4v) is 1.77. The van der Waals surface area contributed by atoms with Crippen molar-refractivity contribution in [3.8, 4) is 5.75 Å². The van der Waals surface area contributed by atoms with Gasteiger partial charge in [-0.3, -0.25) is 4.79 Å². The zero-order valence-corrected chi connectivity index (χ0v) is 12.3. The summed E-state index contributed by atoms with van der Waals surface area (Å²) < 4.78 is 10.6. The first-order valence-electron chi connectivity index (χ1n) is 6.99. The van der Waals surface area contributed by atoms with Crippen LogP contribution in [0, 0.1) is 0 Å². The number of rotatable bonds is 9. The lowest BCUT2D eigenvalue weighted by molar-refractivity contribution is 0.0938. The Kier molecular flexibility index (Phi) is 7.50. The molecule has 0 aliphatic heterocycles. The van der Waals surface area contributed by atoms with Gasteiger partial charge in [-0.05, 0) is 25.0 Å². The van der Waals surface area contributed by atoms with Gasteiger partial charge in [0.25, 0.3) is 5.91 Å². The van der Waals surface area contributed by atoms with Crippen molar-refractivity contribution in [2.45, 2.75) is 26.2 Å². The molecule has 0 fully saturated rings. The molecule has 1 amide bonds. The Labute approximate surface area is 120 Å². The van der Waals surface area contributed by atoms with Gasteiger partial charge in [-0.15, -0.1) is 0 Å². The Morgan fingerprint density at radius 1 is 1.30 bits per heavy atom. The van der Waals surface area contributed by atoms with E-state index in [0.29, 0.717) is 30.2 Å². The largest absolute Gasteiger partial charge is 0.496 e. The van der Waals surface area contributed by atoms with E-state index in [1.807, 2.05) is 0 Å². The van der Waals surface area contributed by atoms with Crippen LogP contribution in [-0.4, -0.2) is 32.8 Å². The summed E-state index contributed by atoms with van der Waals surface area (Å²) in [7, 11) is 1.52. The van der Waals surface area contributed by atoms with Crippen LogP contribution >= 0.6 is 0 Å². The third kappa shape index (κ3) is 5.09. The fourth-order valence-electron chi connectivity index (χ4n) is 1.77. The standard InChI is InChI=1S/C15H24N2O3/c1-3-4-10-20-11-6-9-17-15(18)14-12(16)7-5-8-13(14)19-2/h5,7-8H,3-4,6,9-11,16H2,1-2H3,(H,17,18). The number of anilines is 1. The van der Waals surface area contributed by atoms with Crippen LogP contribution in [0.5, 0.6) is 5.75 Å². The van der Waals surface area contributed by atoms with Crippen molar-refractivity contribution < 1.29 is 14.3 Å². The first-order valence-corrected chi connectivity index (χ1v) is 6.99. The van der Waals surface area contributed by atoms with E-state index < -0.39 is 0 Å². The van der Waals surface area contributed by atoms with Crippen LogP contribution in [-0.2, 0) is 4.74 Å². The maximum atomic E-state index is 12.1. The molecular weight excluding hydrogens is 256 g/mol. The maximum absolute atomic E-state index is 12.1. The highest BCUT2D eigenvalue weighted by Gasteiger charge is 2.14. The highest BCUT2D eigenvalue weighted by atomic mass is 16.5. The summed E-state index contributed by atoms with van der Waals surface area (Å²) >= 11 is 0. The molecule has 0 bridgehead atoms. The van der Waals surface area contributed by atoms with Gasteiger partial charge in [-0.2, -0.15) is 0 Å². The van der Waals surface area contributed by atoms with E-state index >= 15 is 0 Å². The van der Waals surface area contributed by atoms with Crippen LogP contribution in [0.4, 0.5) is 5.69 Å². The lowest BCUT2D eigenvalue weighted by Crippen LogP contribution is -2.26. The SMILES string of the molecule is CCCCOCCCNC(=O)c1c(N)cccc1OC. The maximum Gasteiger partial charge on any atom is 0.257 e. The van der Waals surface area contributed by atoms with Crippen LogP contribution in [0.15, 0.2) is 18.2 Å². The molecule has 0 unspecified atom stereocenters. The molecular formula is C15H24N2O3. The predicted molar refractivity (Wildman–Crippen MR) is 80.1 cm³/mol. The topological polar surface area (TPSA) is 73.6 Å². The van der Waals surface area contributed by atoms with Gasteiger partial charge in [0.15, 0.2) is 0 Å². The van der Waals surface area contributed by atoms with Gasteiger partial charge in [0.1, 0.15) is 11.3 Å². The highest BCUT2D eigenvalue weighted by molar-refractivity contribution is 6.01. The number of ether oxygens (including phenoxy) is 2. The molecule has 0 spiro atoms. The van der Waals surface area contributed by atoms with Crippen LogP contribution in [0.1, 0.15) is 36.5 Å². The van der Waals surface area contributed by atoms with Gasteiger partial charge >= 0.3 is 0 Å². The van der Waals surface area contributed by atoms with E-state index in [4.69, 9.17) is 15.2 Å². The minimum Gasteiger partial charge on any atom is -0.496 e. The van der Waals surface area contributed by atoms with Crippen LogP contribution in [0.3, 0.4) is 0 Å². The van der Waals surface area contributed by atoms with E-state index in [0.717, 1.165) is 25.9 Å². The third-order valence-corrected chi connectivity index (χ3v) is 2.90. The minimum atomic E-state index is -0.214. The zero-order chi connectivity index (χ0) is 14.8. The van der Waals surface area contributed by atoms with Crippen molar-refractivity contribution in [3.05, 3.63) is 23.8 Å². The lowest BCUT2D eigenvalue weighted by atomic mass is 10.1. The van der Waals surface area contributed by atoms with Crippen LogP contribution < -0.4 is 15.8 Å². The van der Waals surface area contributed by atoms with Gasteiger partial charge in [0.2, 0.25) is 0 Å². The normalized spacial score (nSPS) is 10.3. The van der Waals surface area contributed by atoms with Crippen LogP contribution in [0.25, 0.3) is 0 Å². The average Bonchev–Trinajstić information content (AvgIpc) is 2.45. The van der Waals surface area contributed by atoms with Crippen molar-refractivity contribution in [2.75, 3.05) is 32.6 Å². The van der Waals surface area contributed by atoms with Crippen molar-refractivity contribution in [3.63, 3.8) is 0 Å². The van der Waals surface area contributed by atoms with E-state index in [2.05, 4.69) is 12.2 Å². The second kappa shape index (κ2) is 9.20.